The van der Waals surface area contributed by atoms with E-state index in [2.05, 4.69) is 50.6 Å². The van der Waals surface area contributed by atoms with Gasteiger partial charge in [-0.2, -0.15) is 0 Å². The van der Waals surface area contributed by atoms with Gasteiger partial charge < -0.3 is 15.1 Å². The van der Waals surface area contributed by atoms with E-state index in [1.807, 2.05) is 6.20 Å². The molecule has 5 rings (SSSR count). The highest BCUT2D eigenvalue weighted by atomic mass is 19.1. The molecule has 2 aliphatic rings. The molecule has 1 aromatic carbocycles. The van der Waals surface area contributed by atoms with Crippen molar-refractivity contribution in [2.75, 3.05) is 32.1 Å². The van der Waals surface area contributed by atoms with Gasteiger partial charge in [0.2, 0.25) is 0 Å². The van der Waals surface area contributed by atoms with Gasteiger partial charge in [-0.3, -0.25) is 9.78 Å². The first-order valence-electron chi connectivity index (χ1n) is 11.8. The topological polar surface area (TPSA) is 79.2 Å². The van der Waals surface area contributed by atoms with Crippen molar-refractivity contribution in [1.82, 2.24) is 30.2 Å². The number of likely N-dealkylation sites (tertiary alicyclic amines) is 1. The summed E-state index contributed by atoms with van der Waals surface area (Å²) < 4.78 is 16.1. The molecular formula is C25H30FN7O. The summed E-state index contributed by atoms with van der Waals surface area (Å²) in [7, 11) is 4.27. The summed E-state index contributed by atoms with van der Waals surface area (Å²) in [6, 6.07) is 5.62. The van der Waals surface area contributed by atoms with Crippen molar-refractivity contribution >= 4 is 11.6 Å². The molecular weight excluding hydrogens is 433 g/mol. The first-order valence-corrected chi connectivity index (χ1v) is 11.8. The number of anilines is 1. The lowest BCUT2D eigenvalue weighted by molar-refractivity contribution is 0.0947. The number of carbonyl (C=O) groups is 1. The van der Waals surface area contributed by atoms with E-state index in [1.165, 1.54) is 6.07 Å². The van der Waals surface area contributed by atoms with E-state index in [0.29, 0.717) is 23.0 Å². The van der Waals surface area contributed by atoms with Gasteiger partial charge in [0, 0.05) is 30.9 Å². The van der Waals surface area contributed by atoms with Gasteiger partial charge in [-0.25, -0.2) is 9.07 Å². The van der Waals surface area contributed by atoms with Crippen molar-refractivity contribution in [2.45, 2.75) is 44.7 Å². The maximum atomic E-state index is 14.5. The Morgan fingerprint density at radius 2 is 1.91 bits per heavy atom. The van der Waals surface area contributed by atoms with Crippen LogP contribution in [-0.4, -0.2) is 70.1 Å². The second-order valence-corrected chi connectivity index (χ2v) is 9.49. The molecule has 0 unspecified atom stereocenters. The number of rotatable bonds is 6. The molecule has 3 heterocycles. The number of amides is 1. The van der Waals surface area contributed by atoms with Gasteiger partial charge in [0.05, 0.1) is 29.3 Å². The van der Waals surface area contributed by atoms with Crippen LogP contribution in [-0.2, 0) is 0 Å². The Hall–Kier alpha value is -3.33. The molecule has 2 aromatic heterocycles. The number of hydrogen-bond acceptors (Lipinski definition) is 6. The molecule has 8 nitrogen and oxygen atoms in total. The van der Waals surface area contributed by atoms with Crippen LogP contribution in [0.1, 0.15) is 41.6 Å². The van der Waals surface area contributed by atoms with E-state index in [0.717, 1.165) is 50.0 Å². The van der Waals surface area contributed by atoms with Crippen LogP contribution in [0.15, 0.2) is 36.8 Å². The highest BCUT2D eigenvalue weighted by Crippen LogP contribution is 2.27. The van der Waals surface area contributed by atoms with E-state index in [4.69, 9.17) is 0 Å². The molecule has 1 aliphatic carbocycles. The van der Waals surface area contributed by atoms with E-state index < -0.39 is 11.7 Å². The number of piperidine rings is 1. The quantitative estimate of drug-likeness (QED) is 0.605. The van der Waals surface area contributed by atoms with Gasteiger partial charge >= 0.3 is 0 Å². The molecule has 1 saturated carbocycles. The fourth-order valence-corrected chi connectivity index (χ4v) is 4.44. The predicted molar refractivity (Wildman–Crippen MR) is 129 cm³/mol. The van der Waals surface area contributed by atoms with Gasteiger partial charge in [0.15, 0.2) is 0 Å². The van der Waals surface area contributed by atoms with Crippen molar-refractivity contribution < 1.29 is 9.18 Å². The summed E-state index contributed by atoms with van der Waals surface area (Å²) in [4.78, 5) is 21.6. The van der Waals surface area contributed by atoms with E-state index >= 15 is 0 Å². The van der Waals surface area contributed by atoms with Crippen LogP contribution >= 0.6 is 0 Å². The number of halogens is 1. The maximum absolute atomic E-state index is 14.5. The standard InChI is InChI=1S/C25H30FN7O/c1-16-10-22(26)21(25(34)28-18-4-5-18)12-24(16)33-15-23(29-30-33)17-11-20(14-27-13-17)32(3)19-6-8-31(2)9-7-19/h10-15,18-19H,4-9H2,1-3H3,(H,28,34). The number of aromatic nitrogens is 4. The third kappa shape index (κ3) is 4.65. The number of aryl methyl sites for hydroxylation is 1. The Morgan fingerprint density at radius 3 is 2.65 bits per heavy atom. The highest BCUT2D eigenvalue weighted by molar-refractivity contribution is 5.95. The molecule has 1 amide bonds. The van der Waals surface area contributed by atoms with Crippen molar-refractivity contribution in [3.8, 4) is 16.9 Å². The van der Waals surface area contributed by atoms with Crippen LogP contribution in [0.5, 0.6) is 0 Å². The Bertz CT molecular complexity index is 1200. The lowest BCUT2D eigenvalue weighted by Crippen LogP contribution is -2.42. The Labute approximate surface area is 198 Å². The van der Waals surface area contributed by atoms with Gasteiger partial charge in [0.1, 0.15) is 11.5 Å². The average molecular weight is 464 g/mol. The van der Waals surface area contributed by atoms with Crippen molar-refractivity contribution in [2.24, 2.45) is 0 Å². The summed E-state index contributed by atoms with van der Waals surface area (Å²) in [5.41, 5.74) is 3.87. The maximum Gasteiger partial charge on any atom is 0.254 e. The monoisotopic (exact) mass is 463 g/mol. The number of nitrogens with one attached hydrogen (secondary N) is 1. The molecule has 1 saturated heterocycles. The normalized spacial score (nSPS) is 17.1. The second-order valence-electron chi connectivity index (χ2n) is 9.49. The Morgan fingerprint density at radius 1 is 1.15 bits per heavy atom. The number of pyridine rings is 1. The number of hydrogen-bond donors (Lipinski definition) is 1. The SMILES string of the molecule is Cc1cc(F)c(C(=O)NC2CC2)cc1-n1cc(-c2cncc(N(C)C3CCN(C)CC3)c2)nn1. The molecule has 2 fully saturated rings. The zero-order chi connectivity index (χ0) is 23.8. The van der Waals surface area contributed by atoms with E-state index in [1.54, 1.807) is 30.1 Å². The lowest BCUT2D eigenvalue weighted by atomic mass is 10.0. The van der Waals surface area contributed by atoms with Gasteiger partial charge in [-0.15, -0.1) is 5.10 Å². The largest absolute Gasteiger partial charge is 0.370 e. The zero-order valence-corrected chi connectivity index (χ0v) is 19.8. The smallest absolute Gasteiger partial charge is 0.254 e. The second kappa shape index (κ2) is 9.13. The molecule has 0 radical (unpaired) electrons. The molecule has 9 heteroatoms. The number of benzene rings is 1. The molecule has 0 bridgehead atoms. The molecule has 178 valence electrons. The molecule has 0 spiro atoms. The van der Waals surface area contributed by atoms with Crippen LogP contribution in [0.25, 0.3) is 16.9 Å². The third-order valence-corrected chi connectivity index (χ3v) is 6.85. The highest BCUT2D eigenvalue weighted by Gasteiger charge is 2.26. The number of carbonyl (C=O) groups excluding carboxylic acids is 1. The van der Waals surface area contributed by atoms with Crippen molar-refractivity contribution in [3.05, 3.63) is 53.7 Å². The summed E-state index contributed by atoms with van der Waals surface area (Å²) >= 11 is 0. The van der Waals surface area contributed by atoms with Crippen molar-refractivity contribution in [3.63, 3.8) is 0 Å². The van der Waals surface area contributed by atoms with E-state index in [9.17, 15) is 9.18 Å². The van der Waals surface area contributed by atoms with Crippen molar-refractivity contribution in [1.29, 1.82) is 0 Å². The summed E-state index contributed by atoms with van der Waals surface area (Å²) in [6.07, 6.45) is 9.56. The minimum atomic E-state index is -0.534. The summed E-state index contributed by atoms with van der Waals surface area (Å²) in [6.45, 7) is 3.98. The number of nitrogens with zero attached hydrogens (tertiary/aromatic N) is 6. The zero-order valence-electron chi connectivity index (χ0n) is 19.8. The Balaban J connectivity index is 1.39. The van der Waals surface area contributed by atoms with Gasteiger partial charge in [0.25, 0.3) is 5.91 Å². The Kier molecular flexibility index (Phi) is 6.03. The predicted octanol–water partition coefficient (Wildman–Crippen LogP) is 3.20. The van der Waals surface area contributed by atoms with Crippen LogP contribution < -0.4 is 10.2 Å². The van der Waals surface area contributed by atoms with Gasteiger partial charge in [-0.1, -0.05) is 5.21 Å². The molecule has 0 atom stereocenters. The molecule has 1 N–H and O–H groups in total. The minimum absolute atomic E-state index is 0.0213. The fraction of sp³-hybridized carbons (Fsp3) is 0.440. The lowest BCUT2D eigenvalue weighted by Gasteiger charge is -2.36. The molecule has 34 heavy (non-hydrogen) atoms. The third-order valence-electron chi connectivity index (χ3n) is 6.85. The van der Waals surface area contributed by atoms with Crippen LogP contribution in [0, 0.1) is 12.7 Å². The first-order chi connectivity index (χ1) is 16.4. The van der Waals surface area contributed by atoms with Crippen LogP contribution in [0.4, 0.5) is 10.1 Å². The summed E-state index contributed by atoms with van der Waals surface area (Å²) in [5.74, 6) is -0.927. The van der Waals surface area contributed by atoms with E-state index in [-0.39, 0.29) is 11.6 Å². The molecule has 3 aromatic rings. The van der Waals surface area contributed by atoms with Gasteiger partial charge in [-0.05, 0) is 76.5 Å². The fourth-order valence-electron chi connectivity index (χ4n) is 4.44. The van der Waals surface area contributed by atoms with Crippen LogP contribution in [0.2, 0.25) is 0 Å². The van der Waals surface area contributed by atoms with Crippen LogP contribution in [0.3, 0.4) is 0 Å². The first kappa shape index (κ1) is 22.5. The molecule has 1 aliphatic heterocycles. The summed E-state index contributed by atoms with van der Waals surface area (Å²) in [5, 5.41) is 11.4. The minimum Gasteiger partial charge on any atom is -0.370 e. The average Bonchev–Trinajstić information content (AvgIpc) is 3.51.